The van der Waals surface area contributed by atoms with Crippen molar-refractivity contribution < 1.29 is 16.5 Å². The van der Waals surface area contributed by atoms with Crippen molar-refractivity contribution in [2.75, 3.05) is 30.0 Å². The number of anilines is 1. The number of hydrogen-bond donors (Lipinski definition) is 1. The van der Waals surface area contributed by atoms with E-state index < -0.39 is 23.8 Å². The predicted molar refractivity (Wildman–Crippen MR) is 245 cm³/mol. The first kappa shape index (κ1) is 42.1. The third-order valence-electron chi connectivity index (χ3n) is 10.6. The van der Waals surface area contributed by atoms with Gasteiger partial charge in [-0.25, -0.2) is 6.54 Å². The van der Waals surface area contributed by atoms with Gasteiger partial charge in [0.1, 0.15) is 12.3 Å². The molecule has 1 aliphatic rings. The normalized spacial score (nSPS) is 12.9. The van der Waals surface area contributed by atoms with Gasteiger partial charge in [0.15, 0.2) is 0 Å². The van der Waals surface area contributed by atoms with Gasteiger partial charge in [0, 0.05) is 13.6 Å². The van der Waals surface area contributed by atoms with Crippen molar-refractivity contribution in [3.8, 4) is 0 Å². The molecule has 0 bridgehead atoms. The second-order valence-electron chi connectivity index (χ2n) is 14.4. The summed E-state index contributed by atoms with van der Waals surface area (Å²) in [7, 11) is -2.31. The molecule has 6 aromatic carbocycles. The van der Waals surface area contributed by atoms with Crippen molar-refractivity contribution in [3.63, 3.8) is 0 Å². The first-order valence-corrected chi connectivity index (χ1v) is 25.0. The van der Waals surface area contributed by atoms with Crippen molar-refractivity contribution >= 4 is 56.0 Å². The zero-order valence-electron chi connectivity index (χ0n) is 32.0. The van der Waals surface area contributed by atoms with E-state index in [-0.39, 0.29) is 16.5 Å². The fourth-order valence-corrected chi connectivity index (χ4v) is 17.8. The van der Waals surface area contributed by atoms with Gasteiger partial charge in [-0.3, -0.25) is 0 Å². The average molecular weight is 813 g/mol. The molecule has 0 spiro atoms. The molecule has 1 aliphatic carbocycles. The molecule has 1 fully saturated rings. The van der Waals surface area contributed by atoms with E-state index in [2.05, 4.69) is 196 Å². The first-order valence-electron chi connectivity index (χ1n) is 19.7. The molecule has 1 saturated carbocycles. The van der Waals surface area contributed by atoms with Crippen LogP contribution in [-0.2, 0) is 16.5 Å². The van der Waals surface area contributed by atoms with Crippen molar-refractivity contribution in [2.24, 2.45) is 5.92 Å². The fraction of sp³-hybridized carbons (Fsp3) is 0.245. The fourth-order valence-electron chi connectivity index (χ4n) is 7.65. The second-order valence-corrected chi connectivity index (χ2v) is 22.4. The summed E-state index contributed by atoms with van der Waals surface area (Å²) >= 11 is 0. The summed E-state index contributed by atoms with van der Waals surface area (Å²) in [5, 5.41) is 11.3. The number of aryl methyl sites for hydroxylation is 2. The summed E-state index contributed by atoms with van der Waals surface area (Å²) in [6, 6.07) is 62.9. The molecule has 279 valence electrons. The van der Waals surface area contributed by atoms with Crippen LogP contribution in [0.3, 0.4) is 0 Å². The molecule has 0 atom stereocenters. The Morgan fingerprint density at radius 1 is 0.444 bits per heavy atom. The Morgan fingerprint density at radius 3 is 1.17 bits per heavy atom. The number of rotatable bonds is 14. The van der Waals surface area contributed by atoms with Gasteiger partial charge >= 0.3 is 16.5 Å². The number of benzene rings is 6. The van der Waals surface area contributed by atoms with Gasteiger partial charge in [0.05, 0.1) is 54.7 Å². The van der Waals surface area contributed by atoms with Crippen molar-refractivity contribution in [2.45, 2.75) is 46.0 Å². The van der Waals surface area contributed by atoms with Gasteiger partial charge in [-0.2, -0.15) is 5.92 Å². The number of para-hydroxylation sites is 1. The van der Waals surface area contributed by atoms with E-state index in [0.29, 0.717) is 0 Å². The number of hydrogen-bond acceptors (Lipinski definition) is 1. The minimum atomic E-state index is -0.809. The van der Waals surface area contributed by atoms with Crippen LogP contribution in [0.15, 0.2) is 170 Å². The van der Waals surface area contributed by atoms with E-state index in [1.807, 2.05) is 0 Å². The van der Waals surface area contributed by atoms with E-state index in [1.54, 1.807) is 5.30 Å². The third kappa shape index (κ3) is 12.7. The van der Waals surface area contributed by atoms with Crippen LogP contribution in [0.1, 0.15) is 43.2 Å². The summed E-state index contributed by atoms with van der Waals surface area (Å²) in [6.07, 6.45) is 12.2. The molecular formula is C49H58NNiP3+5. The summed E-state index contributed by atoms with van der Waals surface area (Å²) in [5.74, 6) is 0.771. The van der Waals surface area contributed by atoms with Crippen LogP contribution in [0.4, 0.5) is 5.69 Å². The molecule has 5 heteroatoms. The van der Waals surface area contributed by atoms with Crippen LogP contribution in [-0.4, -0.2) is 24.6 Å². The van der Waals surface area contributed by atoms with Gasteiger partial charge in [-0.05, 0) is 85.6 Å². The van der Waals surface area contributed by atoms with Crippen LogP contribution in [0.5, 0.6) is 0 Å². The van der Waals surface area contributed by atoms with Gasteiger partial charge in [0.2, 0.25) is 0 Å². The van der Waals surface area contributed by atoms with Crippen LogP contribution in [0, 0.1) is 26.3 Å². The zero-order chi connectivity index (χ0) is 36.5. The van der Waals surface area contributed by atoms with Crippen LogP contribution >= 0.6 is 23.8 Å². The molecule has 0 saturated heterocycles. The number of nitrogens with one attached hydrogen (secondary N) is 1. The molecule has 6 aromatic rings. The SMILES string of the molecule is Cc1cccc(C)c1N[CH-]C1CCCCC1.[Ni+3].c1ccc([PH+](CC[PH+](c2ccccc2)c2ccccc2)CC[PH+](c2ccccc2)c2ccccc2)cc1. The van der Waals surface area contributed by atoms with Crippen LogP contribution < -0.4 is 31.8 Å². The van der Waals surface area contributed by atoms with Crippen molar-refractivity contribution in [1.82, 2.24) is 0 Å². The Morgan fingerprint density at radius 2 is 0.796 bits per heavy atom. The molecule has 0 aliphatic heterocycles. The molecule has 54 heavy (non-hydrogen) atoms. The maximum atomic E-state index is 3.53. The van der Waals surface area contributed by atoms with Crippen LogP contribution in [0.25, 0.3) is 0 Å². The monoisotopic (exact) mass is 811 g/mol. The molecule has 0 heterocycles. The molecule has 7 rings (SSSR count). The standard InChI is InChI=1S/C34H33P3.C15H22N.Ni/c1-6-16-30(17-7-1)35(26-28-36(31-18-8-2-9-19-31)32-20-10-3-11-21-32)27-29-37(33-22-12-4-13-23-33)34-24-14-5-15-25-34;1-12-7-6-8-13(2)15(12)16-11-14-9-4-3-5-10-14;/h1-25H,26-29H2;6-8,11,14,16H,3-5,9-10H2,1-2H3;/q;-1;+3/p+3. The Balaban J connectivity index is 0.000000276. The molecule has 1 nitrogen and oxygen atoms in total. The van der Waals surface area contributed by atoms with Gasteiger partial charge in [0.25, 0.3) is 0 Å². The summed E-state index contributed by atoms with van der Waals surface area (Å²) < 4.78 is 0. The van der Waals surface area contributed by atoms with Crippen molar-refractivity contribution in [1.29, 1.82) is 0 Å². The first-order chi connectivity index (χ1) is 26.2. The molecule has 0 unspecified atom stereocenters. The Hall–Kier alpha value is -3.10. The summed E-state index contributed by atoms with van der Waals surface area (Å²) in [5.41, 5.74) is 3.98. The van der Waals surface area contributed by atoms with E-state index >= 15 is 0 Å². The van der Waals surface area contributed by atoms with E-state index in [0.717, 1.165) is 5.92 Å². The zero-order valence-corrected chi connectivity index (χ0v) is 36.0. The molecular weight excluding hydrogens is 754 g/mol. The maximum absolute atomic E-state index is 3.53. The van der Waals surface area contributed by atoms with E-state index in [9.17, 15) is 0 Å². The molecule has 0 amide bonds. The minimum absolute atomic E-state index is 0. The molecule has 0 aromatic heterocycles. The third-order valence-corrected chi connectivity index (χ3v) is 20.1. The Kier molecular flexibility index (Phi) is 18.0. The quantitative estimate of drug-likeness (QED) is 0.0656. The molecule has 1 N–H and O–H groups in total. The van der Waals surface area contributed by atoms with E-state index in [4.69, 9.17) is 0 Å². The Bertz CT molecular complexity index is 1700. The van der Waals surface area contributed by atoms with E-state index in [1.165, 1.54) is 94.8 Å². The van der Waals surface area contributed by atoms with Gasteiger partial charge in [-0.15, -0.1) is 0 Å². The maximum Gasteiger partial charge on any atom is 3.00 e. The van der Waals surface area contributed by atoms with Crippen molar-refractivity contribution in [3.05, 3.63) is 188 Å². The summed E-state index contributed by atoms with van der Waals surface area (Å²) in [6.45, 7) is 6.66. The second kappa shape index (κ2) is 23.1. The molecule has 1 radical (unpaired) electrons. The summed E-state index contributed by atoms with van der Waals surface area (Å²) in [4.78, 5) is 0. The predicted octanol–water partition coefficient (Wildman–Crippen LogP) is 10.7. The van der Waals surface area contributed by atoms with Gasteiger partial charge < -0.3 is 5.32 Å². The van der Waals surface area contributed by atoms with Gasteiger partial charge in [-0.1, -0.05) is 141 Å². The van der Waals surface area contributed by atoms with Crippen LogP contribution in [0.2, 0.25) is 0 Å². The average Bonchev–Trinajstić information content (AvgIpc) is 3.22. The smallest absolute Gasteiger partial charge is 0.534 e. The topological polar surface area (TPSA) is 12.0 Å². The minimum Gasteiger partial charge on any atom is -0.534 e. The largest absolute Gasteiger partial charge is 3.00 e. The Labute approximate surface area is 340 Å².